The maximum Gasteiger partial charge on any atom is 0.326 e. The van der Waals surface area contributed by atoms with Gasteiger partial charge in [0.1, 0.15) is 21.7 Å². The molecule has 2 rings (SSSR count). The normalized spacial score (nSPS) is 11.7. The molecule has 1 aromatic carbocycles. The van der Waals surface area contributed by atoms with Crippen LogP contribution in [-0.4, -0.2) is 51.9 Å². The van der Waals surface area contributed by atoms with Crippen LogP contribution in [0, 0.1) is 12.7 Å². The van der Waals surface area contributed by atoms with Gasteiger partial charge in [0.05, 0.1) is 5.69 Å². The van der Waals surface area contributed by atoms with Crippen molar-refractivity contribution in [3.8, 4) is 10.6 Å². The zero-order valence-corrected chi connectivity index (χ0v) is 16.0. The number of carboxylic acid groups (broad SMARTS) is 1. The number of halogens is 1. The van der Waals surface area contributed by atoms with Gasteiger partial charge in [-0.2, -0.15) is 0 Å². The van der Waals surface area contributed by atoms with Crippen molar-refractivity contribution in [3.05, 3.63) is 40.7 Å². The van der Waals surface area contributed by atoms with Crippen molar-refractivity contribution in [1.82, 2.24) is 15.2 Å². The Bertz CT molecular complexity index is 851. The highest BCUT2D eigenvalue weighted by Crippen LogP contribution is 2.29. The smallest absolute Gasteiger partial charge is 0.326 e. The molecule has 2 aromatic rings. The summed E-state index contributed by atoms with van der Waals surface area (Å²) in [5.41, 5.74) is 1.13. The highest BCUT2D eigenvalue weighted by molar-refractivity contribution is 7.17. The molecule has 9 heteroatoms. The Labute approximate surface area is 159 Å². The number of thiazole rings is 1. The van der Waals surface area contributed by atoms with Crippen LogP contribution in [0.2, 0.25) is 0 Å². The number of carbonyl (C=O) groups is 3. The third kappa shape index (κ3) is 5.10. The number of nitrogens with one attached hydrogen (secondary N) is 1. The molecule has 0 saturated heterocycles. The second-order valence-corrected chi connectivity index (χ2v) is 6.94. The highest BCUT2D eigenvalue weighted by Gasteiger charge is 2.29. The number of hydrogen-bond acceptors (Lipinski definition) is 5. The van der Waals surface area contributed by atoms with Gasteiger partial charge in [-0.05, 0) is 38.1 Å². The van der Waals surface area contributed by atoms with E-state index in [4.69, 9.17) is 0 Å². The summed E-state index contributed by atoms with van der Waals surface area (Å²) < 4.78 is 13.1. The second kappa shape index (κ2) is 8.72. The minimum Gasteiger partial charge on any atom is -0.480 e. The SMILES string of the molecule is CC(=O)NCCN(C(=O)c1sc(-c2ccc(F)cc2)nc1C)C(C)C(=O)O. The number of rotatable bonds is 7. The van der Waals surface area contributed by atoms with Gasteiger partial charge in [-0.1, -0.05) is 0 Å². The van der Waals surface area contributed by atoms with Crippen LogP contribution in [0.1, 0.15) is 29.2 Å². The van der Waals surface area contributed by atoms with Crippen molar-refractivity contribution < 1.29 is 23.9 Å². The Morgan fingerprint density at radius 2 is 1.93 bits per heavy atom. The molecule has 0 radical (unpaired) electrons. The van der Waals surface area contributed by atoms with Crippen LogP contribution >= 0.6 is 11.3 Å². The largest absolute Gasteiger partial charge is 0.480 e. The van der Waals surface area contributed by atoms with Crippen LogP contribution in [0.25, 0.3) is 10.6 Å². The quantitative estimate of drug-likeness (QED) is 0.752. The summed E-state index contributed by atoms with van der Waals surface area (Å²) in [6.07, 6.45) is 0. The molecular formula is C18H20FN3O4S. The van der Waals surface area contributed by atoms with Crippen molar-refractivity contribution in [2.24, 2.45) is 0 Å². The zero-order valence-electron chi connectivity index (χ0n) is 15.2. The topological polar surface area (TPSA) is 99.6 Å². The van der Waals surface area contributed by atoms with E-state index < -0.39 is 17.9 Å². The Balaban J connectivity index is 2.29. The van der Waals surface area contributed by atoms with Gasteiger partial charge < -0.3 is 15.3 Å². The van der Waals surface area contributed by atoms with Gasteiger partial charge in [-0.3, -0.25) is 9.59 Å². The minimum atomic E-state index is -1.15. The first-order chi connectivity index (χ1) is 12.7. The fraction of sp³-hybridized carbons (Fsp3) is 0.333. The average Bonchev–Trinajstić information content (AvgIpc) is 2.99. The maximum atomic E-state index is 13.1. The lowest BCUT2D eigenvalue weighted by atomic mass is 10.2. The van der Waals surface area contributed by atoms with E-state index in [-0.39, 0.29) is 24.8 Å². The summed E-state index contributed by atoms with van der Waals surface area (Å²) in [6, 6.07) is 4.67. The van der Waals surface area contributed by atoms with E-state index in [1.807, 2.05) is 0 Å². The van der Waals surface area contributed by atoms with Crippen LogP contribution < -0.4 is 5.32 Å². The van der Waals surface area contributed by atoms with Gasteiger partial charge >= 0.3 is 5.97 Å². The lowest BCUT2D eigenvalue weighted by Gasteiger charge is -2.26. The first kappa shape index (κ1) is 20.5. The van der Waals surface area contributed by atoms with Crippen molar-refractivity contribution in [1.29, 1.82) is 0 Å². The predicted octanol–water partition coefficient (Wildman–Crippen LogP) is 2.31. The van der Waals surface area contributed by atoms with E-state index in [2.05, 4.69) is 10.3 Å². The second-order valence-electron chi connectivity index (χ2n) is 5.94. The summed E-state index contributed by atoms with van der Waals surface area (Å²) in [7, 11) is 0. The molecule has 7 nitrogen and oxygen atoms in total. The van der Waals surface area contributed by atoms with E-state index in [0.717, 1.165) is 11.3 Å². The molecule has 1 heterocycles. The fourth-order valence-corrected chi connectivity index (χ4v) is 3.43. The van der Waals surface area contributed by atoms with Gasteiger partial charge in [0.25, 0.3) is 5.91 Å². The van der Waals surface area contributed by atoms with Gasteiger partial charge in [0, 0.05) is 25.6 Å². The molecule has 0 saturated carbocycles. The molecule has 1 atom stereocenters. The molecule has 144 valence electrons. The number of aromatic nitrogens is 1. The van der Waals surface area contributed by atoms with E-state index in [9.17, 15) is 23.9 Å². The lowest BCUT2D eigenvalue weighted by molar-refractivity contribution is -0.141. The minimum absolute atomic E-state index is 0.0507. The Kier molecular flexibility index (Phi) is 6.62. The van der Waals surface area contributed by atoms with Crippen LogP contribution in [0.4, 0.5) is 4.39 Å². The summed E-state index contributed by atoms with van der Waals surface area (Å²) >= 11 is 1.12. The van der Waals surface area contributed by atoms with Gasteiger partial charge in [-0.25, -0.2) is 14.2 Å². The number of aliphatic carboxylic acids is 1. The molecule has 0 spiro atoms. The molecule has 0 aliphatic carbocycles. The van der Waals surface area contributed by atoms with Crippen molar-refractivity contribution in [3.63, 3.8) is 0 Å². The molecule has 27 heavy (non-hydrogen) atoms. The van der Waals surface area contributed by atoms with Gasteiger partial charge in [0.2, 0.25) is 5.91 Å². The Morgan fingerprint density at radius 1 is 1.30 bits per heavy atom. The lowest BCUT2D eigenvalue weighted by Crippen LogP contribution is -2.46. The highest BCUT2D eigenvalue weighted by atomic mass is 32.1. The molecular weight excluding hydrogens is 373 g/mol. The summed E-state index contributed by atoms with van der Waals surface area (Å²) in [5.74, 6) is -2.26. The first-order valence-electron chi connectivity index (χ1n) is 8.22. The average molecular weight is 393 g/mol. The fourth-order valence-electron chi connectivity index (χ4n) is 2.40. The number of carboxylic acids is 1. The maximum absolute atomic E-state index is 13.1. The van der Waals surface area contributed by atoms with Crippen LogP contribution in [0.5, 0.6) is 0 Å². The standard InChI is InChI=1S/C18H20FN3O4S/c1-10-15(27-16(21-10)13-4-6-14(19)7-5-13)17(24)22(11(2)18(25)26)9-8-20-12(3)23/h4-7,11H,8-9H2,1-3H3,(H,20,23)(H,25,26). The third-order valence-electron chi connectivity index (χ3n) is 3.89. The summed E-state index contributed by atoms with van der Waals surface area (Å²) in [5, 5.41) is 12.4. The predicted molar refractivity (Wildman–Crippen MR) is 99.1 cm³/mol. The molecule has 2 N–H and O–H groups in total. The van der Waals surface area contributed by atoms with Crippen LogP contribution in [-0.2, 0) is 9.59 Å². The number of amides is 2. The van der Waals surface area contributed by atoms with Crippen LogP contribution in [0.3, 0.4) is 0 Å². The number of hydrogen-bond donors (Lipinski definition) is 2. The molecule has 1 aromatic heterocycles. The molecule has 1 unspecified atom stereocenters. The Hall–Kier alpha value is -2.81. The number of carbonyl (C=O) groups excluding carboxylic acids is 2. The zero-order chi connectivity index (χ0) is 20.1. The number of aryl methyl sites for hydroxylation is 1. The van der Waals surface area contributed by atoms with Crippen molar-refractivity contribution >= 4 is 29.1 Å². The Morgan fingerprint density at radius 3 is 2.48 bits per heavy atom. The third-order valence-corrected chi connectivity index (χ3v) is 5.09. The van der Waals surface area contributed by atoms with Gasteiger partial charge in [0.15, 0.2) is 0 Å². The van der Waals surface area contributed by atoms with E-state index in [0.29, 0.717) is 21.1 Å². The first-order valence-corrected chi connectivity index (χ1v) is 9.04. The number of benzene rings is 1. The van der Waals surface area contributed by atoms with Gasteiger partial charge in [-0.15, -0.1) is 11.3 Å². The van der Waals surface area contributed by atoms with E-state index in [1.165, 1.54) is 30.9 Å². The molecule has 0 fully saturated rings. The van der Waals surface area contributed by atoms with Crippen LogP contribution in [0.15, 0.2) is 24.3 Å². The van der Waals surface area contributed by atoms with E-state index in [1.54, 1.807) is 19.1 Å². The van der Waals surface area contributed by atoms with E-state index >= 15 is 0 Å². The van der Waals surface area contributed by atoms with Crippen molar-refractivity contribution in [2.45, 2.75) is 26.8 Å². The molecule has 2 amide bonds. The summed E-state index contributed by atoms with van der Waals surface area (Å²) in [6.45, 7) is 4.60. The number of nitrogens with zero attached hydrogens (tertiary/aromatic N) is 2. The molecule has 0 bridgehead atoms. The molecule has 0 aliphatic rings. The van der Waals surface area contributed by atoms with Crippen molar-refractivity contribution in [2.75, 3.05) is 13.1 Å². The summed E-state index contributed by atoms with van der Waals surface area (Å²) in [4.78, 5) is 41.2. The monoisotopic (exact) mass is 393 g/mol. The molecule has 0 aliphatic heterocycles.